The van der Waals surface area contributed by atoms with Crippen molar-refractivity contribution in [2.24, 2.45) is 0 Å². The van der Waals surface area contributed by atoms with Crippen LogP contribution in [0.1, 0.15) is 30.1 Å². The van der Waals surface area contributed by atoms with E-state index in [1.165, 1.54) is 0 Å². The molecule has 1 saturated heterocycles. The van der Waals surface area contributed by atoms with Gasteiger partial charge >= 0.3 is 0 Å². The zero-order valence-electron chi connectivity index (χ0n) is 18.5. The molecule has 0 aliphatic carbocycles. The van der Waals surface area contributed by atoms with Crippen molar-refractivity contribution in [1.29, 1.82) is 0 Å². The fourth-order valence-corrected chi connectivity index (χ4v) is 4.25. The minimum absolute atomic E-state index is 0.164. The summed E-state index contributed by atoms with van der Waals surface area (Å²) < 4.78 is 12.9. The Hall–Kier alpha value is -3.32. The average Bonchev–Trinajstić information content (AvgIpc) is 3.45. The quantitative estimate of drug-likeness (QED) is 0.582. The van der Waals surface area contributed by atoms with Crippen LogP contribution >= 0.6 is 0 Å². The molecule has 1 aliphatic rings. The van der Waals surface area contributed by atoms with Crippen LogP contribution < -0.4 is 10.1 Å². The maximum atomic E-state index is 13.2. The van der Waals surface area contributed by atoms with Gasteiger partial charge in [0.05, 0.1) is 18.8 Å². The van der Waals surface area contributed by atoms with E-state index in [1.807, 2.05) is 49.5 Å². The zero-order valence-corrected chi connectivity index (χ0v) is 18.5. The van der Waals surface area contributed by atoms with Crippen LogP contribution in [0.15, 0.2) is 54.7 Å². The van der Waals surface area contributed by atoms with Crippen LogP contribution in [0.3, 0.4) is 0 Å². The molecule has 168 valence electrons. The number of para-hydroxylation sites is 1. The number of likely N-dealkylation sites (tertiary alicyclic amines) is 1. The molecule has 2 heterocycles. The standard InChI is InChI=1S/C25H29N3O4/c1-3-32-23-9-5-4-7-20(23)25(30)28-13-6-8-22(28)24(29)26-19-10-11-21-18(17-19)12-14-27(21)15-16-31-2/h4-5,7,9-12,14,17,22H,3,6,8,13,15-16H2,1-2H3,(H,26,29). The fourth-order valence-electron chi connectivity index (χ4n) is 4.25. The second-order valence-corrected chi connectivity index (χ2v) is 7.85. The summed E-state index contributed by atoms with van der Waals surface area (Å²) in [5, 5.41) is 4.05. The number of methoxy groups -OCH3 is 1. The van der Waals surface area contributed by atoms with Crippen LogP contribution in [0.4, 0.5) is 5.69 Å². The van der Waals surface area contributed by atoms with Gasteiger partial charge in [0, 0.05) is 43.0 Å². The minimum Gasteiger partial charge on any atom is -0.493 e. The third-order valence-corrected chi connectivity index (χ3v) is 5.81. The Morgan fingerprint density at radius 1 is 1.16 bits per heavy atom. The number of carbonyl (C=O) groups excluding carboxylic acids is 2. The maximum Gasteiger partial charge on any atom is 0.258 e. The van der Waals surface area contributed by atoms with Crippen molar-refractivity contribution < 1.29 is 19.1 Å². The molecule has 1 aromatic heterocycles. The van der Waals surface area contributed by atoms with Crippen molar-refractivity contribution in [2.75, 3.05) is 32.2 Å². The molecule has 1 atom stereocenters. The van der Waals surface area contributed by atoms with E-state index >= 15 is 0 Å². The first-order valence-electron chi connectivity index (χ1n) is 11.0. The zero-order chi connectivity index (χ0) is 22.5. The van der Waals surface area contributed by atoms with Crippen molar-refractivity contribution in [1.82, 2.24) is 9.47 Å². The Kier molecular flexibility index (Phi) is 6.75. The number of anilines is 1. The van der Waals surface area contributed by atoms with E-state index in [9.17, 15) is 9.59 Å². The topological polar surface area (TPSA) is 72.8 Å². The van der Waals surface area contributed by atoms with Crippen molar-refractivity contribution in [2.45, 2.75) is 32.4 Å². The normalized spacial score (nSPS) is 15.8. The number of rotatable bonds is 8. The molecule has 7 heteroatoms. The molecule has 1 N–H and O–H groups in total. The van der Waals surface area contributed by atoms with Crippen molar-refractivity contribution in [3.05, 3.63) is 60.3 Å². The number of ether oxygens (including phenoxy) is 2. The van der Waals surface area contributed by atoms with Crippen LogP contribution in [-0.2, 0) is 16.1 Å². The second kappa shape index (κ2) is 9.87. The van der Waals surface area contributed by atoms with E-state index in [2.05, 4.69) is 9.88 Å². The lowest BCUT2D eigenvalue weighted by atomic mass is 10.1. The van der Waals surface area contributed by atoms with Gasteiger partial charge in [0.15, 0.2) is 0 Å². The highest BCUT2D eigenvalue weighted by Gasteiger charge is 2.35. The van der Waals surface area contributed by atoms with Gasteiger partial charge in [-0.3, -0.25) is 9.59 Å². The summed E-state index contributed by atoms with van der Waals surface area (Å²) in [5.41, 5.74) is 2.30. The van der Waals surface area contributed by atoms with Gasteiger partial charge in [-0.1, -0.05) is 12.1 Å². The van der Waals surface area contributed by atoms with Gasteiger partial charge in [0.1, 0.15) is 11.8 Å². The van der Waals surface area contributed by atoms with Gasteiger partial charge in [0.25, 0.3) is 5.91 Å². The SMILES string of the molecule is CCOc1ccccc1C(=O)N1CCCC1C(=O)Nc1ccc2c(ccn2CCOC)c1. The Labute approximate surface area is 187 Å². The number of aromatic nitrogens is 1. The van der Waals surface area contributed by atoms with Crippen LogP contribution in [0.5, 0.6) is 5.75 Å². The second-order valence-electron chi connectivity index (χ2n) is 7.85. The maximum absolute atomic E-state index is 13.2. The third-order valence-electron chi connectivity index (χ3n) is 5.81. The monoisotopic (exact) mass is 435 g/mol. The minimum atomic E-state index is -0.501. The first kappa shape index (κ1) is 21.9. The summed E-state index contributed by atoms with van der Waals surface area (Å²) in [6.07, 6.45) is 3.45. The summed E-state index contributed by atoms with van der Waals surface area (Å²) in [5.74, 6) is 0.217. The Bertz CT molecular complexity index is 1110. The molecular formula is C25H29N3O4. The lowest BCUT2D eigenvalue weighted by molar-refractivity contribution is -0.119. The fraction of sp³-hybridized carbons (Fsp3) is 0.360. The van der Waals surface area contributed by atoms with Gasteiger partial charge < -0.3 is 24.3 Å². The van der Waals surface area contributed by atoms with E-state index in [0.29, 0.717) is 37.5 Å². The molecule has 7 nitrogen and oxygen atoms in total. The Morgan fingerprint density at radius 2 is 2.00 bits per heavy atom. The van der Waals surface area contributed by atoms with Crippen molar-refractivity contribution in [3.8, 4) is 5.75 Å². The van der Waals surface area contributed by atoms with Gasteiger partial charge in [0.2, 0.25) is 5.91 Å². The van der Waals surface area contributed by atoms with E-state index in [1.54, 1.807) is 24.1 Å². The molecular weight excluding hydrogens is 406 g/mol. The molecule has 0 saturated carbocycles. The molecule has 3 aromatic rings. The number of carbonyl (C=O) groups is 2. The van der Waals surface area contributed by atoms with Crippen molar-refractivity contribution in [3.63, 3.8) is 0 Å². The molecule has 2 aromatic carbocycles. The predicted molar refractivity (Wildman–Crippen MR) is 124 cm³/mol. The third kappa shape index (κ3) is 4.48. The summed E-state index contributed by atoms with van der Waals surface area (Å²) in [6, 6.07) is 14.6. The Morgan fingerprint density at radius 3 is 2.81 bits per heavy atom. The molecule has 32 heavy (non-hydrogen) atoms. The molecule has 0 bridgehead atoms. The van der Waals surface area contributed by atoms with Crippen LogP contribution in [0.2, 0.25) is 0 Å². The van der Waals surface area contributed by atoms with E-state index in [-0.39, 0.29) is 11.8 Å². The summed E-state index contributed by atoms with van der Waals surface area (Å²) >= 11 is 0. The number of hydrogen-bond donors (Lipinski definition) is 1. The molecule has 0 radical (unpaired) electrons. The smallest absolute Gasteiger partial charge is 0.258 e. The lowest BCUT2D eigenvalue weighted by Crippen LogP contribution is -2.43. The molecule has 1 fully saturated rings. The highest BCUT2D eigenvalue weighted by Crippen LogP contribution is 2.27. The van der Waals surface area contributed by atoms with Gasteiger partial charge in [-0.05, 0) is 56.2 Å². The molecule has 1 aliphatic heterocycles. The van der Waals surface area contributed by atoms with Gasteiger partial charge in [-0.2, -0.15) is 0 Å². The highest BCUT2D eigenvalue weighted by atomic mass is 16.5. The van der Waals surface area contributed by atoms with Crippen LogP contribution in [0.25, 0.3) is 10.9 Å². The first-order chi connectivity index (χ1) is 15.6. The number of nitrogens with zero attached hydrogens (tertiary/aromatic N) is 2. The number of fused-ring (bicyclic) bond motifs is 1. The van der Waals surface area contributed by atoms with Crippen LogP contribution in [-0.4, -0.2) is 54.2 Å². The molecule has 2 amide bonds. The molecule has 4 rings (SSSR count). The number of nitrogens with one attached hydrogen (secondary N) is 1. The Balaban J connectivity index is 1.49. The summed E-state index contributed by atoms with van der Waals surface area (Å²) in [6.45, 7) is 4.33. The van der Waals surface area contributed by atoms with Gasteiger partial charge in [-0.15, -0.1) is 0 Å². The van der Waals surface area contributed by atoms with Gasteiger partial charge in [-0.25, -0.2) is 0 Å². The van der Waals surface area contributed by atoms with Crippen LogP contribution in [0, 0.1) is 0 Å². The van der Waals surface area contributed by atoms with E-state index in [0.717, 1.165) is 29.6 Å². The first-order valence-corrected chi connectivity index (χ1v) is 11.0. The summed E-state index contributed by atoms with van der Waals surface area (Å²) in [7, 11) is 1.69. The predicted octanol–water partition coefficient (Wildman–Crippen LogP) is 3.93. The largest absolute Gasteiger partial charge is 0.493 e. The number of benzene rings is 2. The van der Waals surface area contributed by atoms with E-state index in [4.69, 9.17) is 9.47 Å². The number of hydrogen-bond acceptors (Lipinski definition) is 4. The highest BCUT2D eigenvalue weighted by molar-refractivity contribution is 6.03. The summed E-state index contributed by atoms with van der Waals surface area (Å²) in [4.78, 5) is 28.0. The number of amides is 2. The molecule has 1 unspecified atom stereocenters. The average molecular weight is 436 g/mol. The lowest BCUT2D eigenvalue weighted by Gasteiger charge is -2.25. The van der Waals surface area contributed by atoms with Crippen molar-refractivity contribution >= 4 is 28.4 Å². The van der Waals surface area contributed by atoms with E-state index < -0.39 is 6.04 Å². The molecule has 0 spiro atoms.